The number of hydrogen-bond acceptors (Lipinski definition) is 5. The summed E-state index contributed by atoms with van der Waals surface area (Å²) in [6, 6.07) is 0. The van der Waals surface area contributed by atoms with E-state index in [0.717, 1.165) is 5.57 Å². The Kier molecular flexibility index (Phi) is 4.20. The van der Waals surface area contributed by atoms with Crippen LogP contribution in [0.4, 0.5) is 0 Å². The maximum absolute atomic E-state index is 11.8. The van der Waals surface area contributed by atoms with Gasteiger partial charge in [0, 0.05) is 18.4 Å². The first-order valence-corrected chi connectivity index (χ1v) is 6.55. The minimum absolute atomic E-state index is 0.0533. The van der Waals surface area contributed by atoms with Crippen LogP contribution in [0, 0.1) is 0 Å². The minimum atomic E-state index is -1.05. The van der Waals surface area contributed by atoms with Crippen molar-refractivity contribution in [3.05, 3.63) is 34.9 Å². The number of Topliss-reactive ketones (excluding diaryl/α,β-unsaturated/α-hetero) is 1. The molecule has 0 spiro atoms. The average Bonchev–Trinajstić information content (AvgIpc) is 2.70. The van der Waals surface area contributed by atoms with Crippen molar-refractivity contribution >= 4 is 11.8 Å². The summed E-state index contributed by atoms with van der Waals surface area (Å²) >= 11 is 0. The number of fused-ring (bicyclic) bond motifs is 1. The number of aliphatic hydroxyl groups is 2. The summed E-state index contributed by atoms with van der Waals surface area (Å²) in [7, 11) is 0. The molecule has 0 fully saturated rings. The molecule has 0 saturated carbocycles. The molecular formula is C15H18O5. The Bertz CT molecular complexity index is 526. The fourth-order valence-corrected chi connectivity index (χ4v) is 2.50. The summed E-state index contributed by atoms with van der Waals surface area (Å²) in [6.07, 6.45) is 0.954. The molecule has 1 aliphatic carbocycles. The second-order valence-corrected chi connectivity index (χ2v) is 5.18. The zero-order valence-corrected chi connectivity index (χ0v) is 11.4. The number of esters is 1. The van der Waals surface area contributed by atoms with Gasteiger partial charge in [-0.05, 0) is 25.0 Å². The Morgan fingerprint density at radius 3 is 2.75 bits per heavy atom. The van der Waals surface area contributed by atoms with E-state index < -0.39 is 24.8 Å². The SMILES string of the molecule is C=C1C[C@H](O)C2=C(CO)C(=O)O[C@@H]2/C=C(\C)CCC1=O. The lowest BCUT2D eigenvalue weighted by molar-refractivity contribution is -0.138. The van der Waals surface area contributed by atoms with Gasteiger partial charge in [0.15, 0.2) is 5.78 Å². The molecule has 0 aromatic rings. The molecule has 20 heavy (non-hydrogen) atoms. The molecule has 0 radical (unpaired) electrons. The van der Waals surface area contributed by atoms with E-state index in [2.05, 4.69) is 6.58 Å². The lowest BCUT2D eigenvalue weighted by atomic mass is 9.90. The maximum Gasteiger partial charge on any atom is 0.337 e. The minimum Gasteiger partial charge on any atom is -0.450 e. The first-order chi connectivity index (χ1) is 9.43. The highest BCUT2D eigenvalue weighted by atomic mass is 16.5. The molecule has 0 bridgehead atoms. The van der Waals surface area contributed by atoms with Gasteiger partial charge in [-0.1, -0.05) is 12.2 Å². The van der Waals surface area contributed by atoms with Crippen molar-refractivity contribution in [1.29, 1.82) is 0 Å². The van der Waals surface area contributed by atoms with Gasteiger partial charge in [0.1, 0.15) is 6.10 Å². The zero-order chi connectivity index (χ0) is 14.9. The van der Waals surface area contributed by atoms with E-state index in [-0.39, 0.29) is 17.8 Å². The average molecular weight is 278 g/mol. The molecule has 108 valence electrons. The van der Waals surface area contributed by atoms with Gasteiger partial charge in [-0.25, -0.2) is 4.79 Å². The van der Waals surface area contributed by atoms with Crippen LogP contribution >= 0.6 is 0 Å². The zero-order valence-electron chi connectivity index (χ0n) is 11.4. The highest BCUT2D eigenvalue weighted by Crippen LogP contribution is 2.31. The fraction of sp³-hybridized carbons (Fsp3) is 0.467. The van der Waals surface area contributed by atoms with Crippen LogP contribution < -0.4 is 0 Å². The van der Waals surface area contributed by atoms with Gasteiger partial charge in [-0.3, -0.25) is 4.79 Å². The quantitative estimate of drug-likeness (QED) is 0.421. The van der Waals surface area contributed by atoms with Gasteiger partial charge in [-0.15, -0.1) is 0 Å². The van der Waals surface area contributed by atoms with Crippen molar-refractivity contribution in [2.45, 2.75) is 38.4 Å². The first-order valence-electron chi connectivity index (χ1n) is 6.55. The topological polar surface area (TPSA) is 83.8 Å². The van der Waals surface area contributed by atoms with Crippen LogP contribution in [0.1, 0.15) is 26.2 Å². The molecule has 1 heterocycles. The second-order valence-electron chi connectivity index (χ2n) is 5.18. The molecule has 2 aliphatic rings. The summed E-state index contributed by atoms with van der Waals surface area (Å²) in [5.41, 5.74) is 1.64. The second kappa shape index (κ2) is 5.73. The standard InChI is InChI=1S/C15H18O5/c1-8-3-4-11(17)9(2)6-12(18)14-10(7-16)15(19)20-13(14)5-8/h5,12-13,16,18H,2-4,6-7H2,1H3/b8-5+/t12-,13+/m0/s1. The van der Waals surface area contributed by atoms with Gasteiger partial charge in [-0.2, -0.15) is 0 Å². The molecule has 1 aliphatic heterocycles. The molecule has 2 rings (SSSR count). The number of carbonyl (C=O) groups is 2. The summed E-state index contributed by atoms with van der Waals surface area (Å²) < 4.78 is 5.18. The van der Waals surface area contributed by atoms with Crippen molar-refractivity contribution in [1.82, 2.24) is 0 Å². The summed E-state index contributed by atoms with van der Waals surface area (Å²) in [5, 5.41) is 19.5. The number of allylic oxidation sites excluding steroid dienone is 1. The molecule has 0 aromatic carbocycles. The number of rotatable bonds is 1. The monoisotopic (exact) mass is 278 g/mol. The van der Waals surface area contributed by atoms with Crippen LogP contribution in [-0.2, 0) is 14.3 Å². The van der Waals surface area contributed by atoms with E-state index >= 15 is 0 Å². The van der Waals surface area contributed by atoms with Gasteiger partial charge in [0.2, 0.25) is 0 Å². The predicted octanol–water partition coefficient (Wildman–Crippen LogP) is 0.817. The number of hydrogen-bond donors (Lipinski definition) is 2. The Hall–Kier alpha value is -1.72. The highest BCUT2D eigenvalue weighted by Gasteiger charge is 2.37. The normalized spacial score (nSPS) is 30.8. The summed E-state index contributed by atoms with van der Waals surface area (Å²) in [4.78, 5) is 23.5. The third-order valence-electron chi connectivity index (χ3n) is 3.67. The van der Waals surface area contributed by atoms with Crippen molar-refractivity contribution in [2.75, 3.05) is 6.61 Å². The molecule has 5 heteroatoms. The molecule has 0 amide bonds. The predicted molar refractivity (Wildman–Crippen MR) is 71.8 cm³/mol. The van der Waals surface area contributed by atoms with Gasteiger partial charge in [0.25, 0.3) is 0 Å². The largest absolute Gasteiger partial charge is 0.450 e. The third kappa shape index (κ3) is 2.73. The number of ether oxygens (including phenoxy) is 1. The molecule has 0 saturated heterocycles. The van der Waals surface area contributed by atoms with Crippen LogP contribution in [0.3, 0.4) is 0 Å². The van der Waals surface area contributed by atoms with Gasteiger partial charge < -0.3 is 14.9 Å². The Balaban J connectivity index is 2.45. The van der Waals surface area contributed by atoms with E-state index in [4.69, 9.17) is 4.74 Å². The fourth-order valence-electron chi connectivity index (χ4n) is 2.50. The van der Waals surface area contributed by atoms with Gasteiger partial charge >= 0.3 is 5.97 Å². The van der Waals surface area contributed by atoms with E-state index in [1.54, 1.807) is 6.08 Å². The lowest BCUT2D eigenvalue weighted by Crippen LogP contribution is -2.23. The molecule has 2 N–H and O–H groups in total. The summed E-state index contributed by atoms with van der Waals surface area (Å²) in [6.45, 7) is 5.04. The van der Waals surface area contributed by atoms with E-state index in [1.807, 2.05) is 6.92 Å². The molecule has 0 aromatic heterocycles. The van der Waals surface area contributed by atoms with Crippen molar-refractivity contribution in [2.24, 2.45) is 0 Å². The maximum atomic E-state index is 11.8. The smallest absolute Gasteiger partial charge is 0.337 e. The van der Waals surface area contributed by atoms with Crippen LogP contribution in [0.5, 0.6) is 0 Å². The number of carbonyl (C=O) groups excluding carboxylic acids is 2. The summed E-state index contributed by atoms with van der Waals surface area (Å²) in [5.74, 6) is -0.710. The highest BCUT2D eigenvalue weighted by molar-refractivity contribution is 5.96. The molecule has 2 atom stereocenters. The Morgan fingerprint density at radius 1 is 1.40 bits per heavy atom. The third-order valence-corrected chi connectivity index (χ3v) is 3.67. The van der Waals surface area contributed by atoms with Crippen molar-refractivity contribution in [3.8, 4) is 0 Å². The lowest BCUT2D eigenvalue weighted by Gasteiger charge is -2.20. The van der Waals surface area contributed by atoms with Crippen LogP contribution in [-0.4, -0.2) is 40.8 Å². The molecule has 0 unspecified atom stereocenters. The Labute approximate surface area is 117 Å². The van der Waals surface area contributed by atoms with Crippen molar-refractivity contribution in [3.63, 3.8) is 0 Å². The number of aliphatic hydroxyl groups excluding tert-OH is 2. The van der Waals surface area contributed by atoms with Crippen LogP contribution in [0.25, 0.3) is 0 Å². The van der Waals surface area contributed by atoms with Crippen LogP contribution in [0.15, 0.2) is 34.9 Å². The van der Waals surface area contributed by atoms with E-state index in [0.29, 0.717) is 24.0 Å². The van der Waals surface area contributed by atoms with Crippen molar-refractivity contribution < 1.29 is 24.5 Å². The molecule has 5 nitrogen and oxygen atoms in total. The number of ketones is 1. The van der Waals surface area contributed by atoms with E-state index in [9.17, 15) is 19.8 Å². The first kappa shape index (κ1) is 14.7. The van der Waals surface area contributed by atoms with Crippen LogP contribution in [0.2, 0.25) is 0 Å². The molecular weight excluding hydrogens is 260 g/mol. The van der Waals surface area contributed by atoms with E-state index in [1.165, 1.54) is 0 Å². The Morgan fingerprint density at radius 2 is 2.10 bits per heavy atom. The van der Waals surface area contributed by atoms with Gasteiger partial charge in [0.05, 0.1) is 18.3 Å².